The first kappa shape index (κ1) is 13.5. The second-order valence-electron chi connectivity index (χ2n) is 4.37. The van der Waals surface area contributed by atoms with Gasteiger partial charge in [0.2, 0.25) is 0 Å². The van der Waals surface area contributed by atoms with Crippen LogP contribution in [0.3, 0.4) is 0 Å². The maximum atomic E-state index is 4.46. The highest BCUT2D eigenvalue weighted by Gasteiger charge is 2.15. The molecule has 0 amide bonds. The number of anilines is 1. The van der Waals surface area contributed by atoms with E-state index in [1.165, 1.54) is 0 Å². The lowest BCUT2D eigenvalue weighted by Crippen LogP contribution is -2.08. The molecule has 19 heavy (non-hydrogen) atoms. The van der Waals surface area contributed by atoms with Crippen LogP contribution in [-0.2, 0) is 13.0 Å². The minimum absolute atomic E-state index is 0.857. The van der Waals surface area contributed by atoms with Crippen LogP contribution in [0.5, 0.6) is 0 Å². The molecular formula is C14H21N5. The van der Waals surface area contributed by atoms with Gasteiger partial charge in [-0.05, 0) is 20.3 Å². The summed E-state index contributed by atoms with van der Waals surface area (Å²) in [6.45, 7) is 8.09. The molecule has 0 saturated carbocycles. The summed E-state index contributed by atoms with van der Waals surface area (Å²) in [6, 6.07) is 0. The van der Waals surface area contributed by atoms with Crippen LogP contribution in [0, 0.1) is 0 Å². The van der Waals surface area contributed by atoms with Crippen molar-refractivity contribution in [2.24, 2.45) is 0 Å². The zero-order valence-corrected chi connectivity index (χ0v) is 11.8. The number of hydrogen-bond donors (Lipinski definition) is 1. The van der Waals surface area contributed by atoms with Crippen LogP contribution in [0.25, 0.3) is 11.5 Å². The van der Waals surface area contributed by atoms with Crippen molar-refractivity contribution < 1.29 is 0 Å². The molecule has 0 bridgehead atoms. The summed E-state index contributed by atoms with van der Waals surface area (Å²) >= 11 is 0. The predicted octanol–water partition coefficient (Wildman–Crippen LogP) is 2.74. The molecule has 0 atom stereocenters. The summed E-state index contributed by atoms with van der Waals surface area (Å²) in [7, 11) is 0. The van der Waals surface area contributed by atoms with Gasteiger partial charge in [0, 0.05) is 31.0 Å². The second kappa shape index (κ2) is 6.31. The summed E-state index contributed by atoms with van der Waals surface area (Å²) in [4.78, 5) is 13.3. The number of aromatic nitrogens is 4. The fourth-order valence-electron chi connectivity index (χ4n) is 2.19. The summed E-state index contributed by atoms with van der Waals surface area (Å²) in [5.41, 5.74) is 2.10. The summed E-state index contributed by atoms with van der Waals surface area (Å²) in [6.07, 6.45) is 7.44. The van der Waals surface area contributed by atoms with E-state index < -0.39 is 0 Å². The third-order valence-electron chi connectivity index (χ3n) is 3.06. The molecule has 0 radical (unpaired) electrons. The molecule has 0 fully saturated rings. The standard InChI is InChI=1S/C14H21N5/c1-4-7-11-12(14-16-8-9-19(14)6-3)17-10-18-13(11)15-5-2/h8-10H,4-7H2,1-3H3,(H,15,17,18). The second-order valence-corrected chi connectivity index (χ2v) is 4.37. The van der Waals surface area contributed by atoms with E-state index in [-0.39, 0.29) is 0 Å². The number of nitrogens with one attached hydrogen (secondary N) is 1. The van der Waals surface area contributed by atoms with E-state index in [9.17, 15) is 0 Å². The lowest BCUT2D eigenvalue weighted by molar-refractivity contribution is 0.764. The zero-order chi connectivity index (χ0) is 13.7. The van der Waals surface area contributed by atoms with Crippen molar-refractivity contribution >= 4 is 5.82 Å². The van der Waals surface area contributed by atoms with Crippen molar-refractivity contribution in [2.75, 3.05) is 11.9 Å². The Balaban J connectivity index is 2.52. The Morgan fingerprint density at radius 2 is 2.00 bits per heavy atom. The molecule has 1 N–H and O–H groups in total. The summed E-state index contributed by atoms with van der Waals surface area (Å²) in [5, 5.41) is 3.31. The monoisotopic (exact) mass is 259 g/mol. The van der Waals surface area contributed by atoms with Crippen LogP contribution < -0.4 is 5.32 Å². The van der Waals surface area contributed by atoms with Gasteiger partial charge in [-0.2, -0.15) is 0 Å². The first-order valence-electron chi connectivity index (χ1n) is 6.91. The molecule has 0 aliphatic rings. The van der Waals surface area contributed by atoms with Crippen molar-refractivity contribution in [3.05, 3.63) is 24.3 Å². The molecule has 2 rings (SSSR count). The average molecular weight is 259 g/mol. The fourth-order valence-corrected chi connectivity index (χ4v) is 2.19. The van der Waals surface area contributed by atoms with Crippen LogP contribution in [0.1, 0.15) is 32.8 Å². The first-order valence-corrected chi connectivity index (χ1v) is 6.91. The Kier molecular flexibility index (Phi) is 4.49. The Morgan fingerprint density at radius 1 is 1.16 bits per heavy atom. The minimum Gasteiger partial charge on any atom is -0.370 e. The van der Waals surface area contributed by atoms with Gasteiger partial charge in [-0.25, -0.2) is 15.0 Å². The normalized spacial score (nSPS) is 10.7. The van der Waals surface area contributed by atoms with Crippen LogP contribution >= 0.6 is 0 Å². The zero-order valence-electron chi connectivity index (χ0n) is 11.8. The molecule has 0 aliphatic carbocycles. The highest BCUT2D eigenvalue weighted by atomic mass is 15.1. The van der Waals surface area contributed by atoms with E-state index in [0.29, 0.717) is 0 Å². The van der Waals surface area contributed by atoms with Gasteiger partial charge >= 0.3 is 0 Å². The molecule has 5 heteroatoms. The number of rotatable bonds is 6. The third kappa shape index (κ3) is 2.75. The first-order chi connectivity index (χ1) is 9.31. The van der Waals surface area contributed by atoms with Gasteiger partial charge in [-0.3, -0.25) is 0 Å². The van der Waals surface area contributed by atoms with E-state index in [0.717, 1.165) is 48.8 Å². The lowest BCUT2D eigenvalue weighted by atomic mass is 10.1. The van der Waals surface area contributed by atoms with Crippen molar-refractivity contribution in [2.45, 2.75) is 40.2 Å². The molecule has 5 nitrogen and oxygen atoms in total. The van der Waals surface area contributed by atoms with Crippen molar-refractivity contribution in [3.8, 4) is 11.5 Å². The Morgan fingerprint density at radius 3 is 2.68 bits per heavy atom. The average Bonchev–Trinajstić information content (AvgIpc) is 2.89. The Hall–Kier alpha value is -1.91. The fraction of sp³-hybridized carbons (Fsp3) is 0.500. The highest BCUT2D eigenvalue weighted by molar-refractivity contribution is 5.63. The third-order valence-corrected chi connectivity index (χ3v) is 3.06. The Labute approximate surface area is 114 Å². The van der Waals surface area contributed by atoms with E-state index in [1.807, 2.05) is 12.4 Å². The van der Waals surface area contributed by atoms with Gasteiger partial charge in [-0.1, -0.05) is 13.3 Å². The molecule has 2 aromatic heterocycles. The van der Waals surface area contributed by atoms with Crippen LogP contribution in [0.2, 0.25) is 0 Å². The maximum absolute atomic E-state index is 4.46. The van der Waals surface area contributed by atoms with Gasteiger partial charge in [-0.15, -0.1) is 0 Å². The largest absolute Gasteiger partial charge is 0.370 e. The molecular weight excluding hydrogens is 238 g/mol. The predicted molar refractivity (Wildman–Crippen MR) is 77.1 cm³/mol. The molecule has 0 saturated heterocycles. The van der Waals surface area contributed by atoms with E-state index in [1.54, 1.807) is 6.33 Å². The number of aryl methyl sites for hydroxylation is 1. The van der Waals surface area contributed by atoms with E-state index in [2.05, 4.69) is 45.6 Å². The lowest BCUT2D eigenvalue weighted by Gasteiger charge is -2.13. The number of imidazole rings is 1. The molecule has 2 aromatic rings. The van der Waals surface area contributed by atoms with Crippen LogP contribution in [-0.4, -0.2) is 26.1 Å². The number of nitrogens with zero attached hydrogens (tertiary/aromatic N) is 4. The quantitative estimate of drug-likeness (QED) is 0.866. The summed E-state index contributed by atoms with van der Waals surface area (Å²) < 4.78 is 2.11. The topological polar surface area (TPSA) is 55.6 Å². The number of hydrogen-bond acceptors (Lipinski definition) is 4. The molecule has 2 heterocycles. The summed E-state index contributed by atoms with van der Waals surface area (Å²) in [5.74, 6) is 1.85. The van der Waals surface area contributed by atoms with Crippen LogP contribution in [0.15, 0.2) is 18.7 Å². The van der Waals surface area contributed by atoms with Crippen molar-refractivity contribution in [1.29, 1.82) is 0 Å². The van der Waals surface area contributed by atoms with Gasteiger partial charge in [0.05, 0.1) is 0 Å². The van der Waals surface area contributed by atoms with Gasteiger partial charge in [0.1, 0.15) is 17.8 Å². The molecule has 0 spiro atoms. The highest BCUT2D eigenvalue weighted by Crippen LogP contribution is 2.25. The maximum Gasteiger partial charge on any atom is 0.159 e. The minimum atomic E-state index is 0.857. The molecule has 0 aliphatic heterocycles. The van der Waals surface area contributed by atoms with Crippen molar-refractivity contribution in [1.82, 2.24) is 19.5 Å². The van der Waals surface area contributed by atoms with Gasteiger partial charge in [0.25, 0.3) is 0 Å². The van der Waals surface area contributed by atoms with E-state index >= 15 is 0 Å². The van der Waals surface area contributed by atoms with Gasteiger partial charge < -0.3 is 9.88 Å². The van der Waals surface area contributed by atoms with Crippen LogP contribution in [0.4, 0.5) is 5.82 Å². The SMILES string of the molecule is CCCc1c(NCC)ncnc1-c1nccn1CC. The Bertz CT molecular complexity index is 532. The molecule has 0 aromatic carbocycles. The molecule has 102 valence electrons. The van der Waals surface area contributed by atoms with E-state index in [4.69, 9.17) is 0 Å². The van der Waals surface area contributed by atoms with Crippen molar-refractivity contribution in [3.63, 3.8) is 0 Å². The molecule has 0 unspecified atom stereocenters. The van der Waals surface area contributed by atoms with Gasteiger partial charge in [0.15, 0.2) is 5.82 Å². The smallest absolute Gasteiger partial charge is 0.159 e.